The van der Waals surface area contributed by atoms with E-state index < -0.39 is 0 Å². The smallest absolute Gasteiger partial charge is 0.308 e. The van der Waals surface area contributed by atoms with Crippen molar-refractivity contribution in [2.45, 2.75) is 63.5 Å². The van der Waals surface area contributed by atoms with Gasteiger partial charge in [-0.05, 0) is 68.0 Å². The minimum atomic E-state index is -0.361. The van der Waals surface area contributed by atoms with Crippen molar-refractivity contribution in [1.29, 1.82) is 0 Å². The van der Waals surface area contributed by atoms with Crippen LogP contribution in [0.5, 0.6) is 5.75 Å². The zero-order valence-corrected chi connectivity index (χ0v) is 21.7. The lowest BCUT2D eigenvalue weighted by Gasteiger charge is -2.55. The molecule has 7 heteroatoms. The lowest BCUT2D eigenvalue weighted by Crippen LogP contribution is -2.61. The zero-order chi connectivity index (χ0) is 26.0. The number of hydrogen-bond acceptors (Lipinski definition) is 6. The molecule has 1 N–H and O–H groups in total. The van der Waals surface area contributed by atoms with E-state index in [0.29, 0.717) is 17.7 Å². The van der Waals surface area contributed by atoms with Crippen molar-refractivity contribution in [1.82, 2.24) is 10.2 Å². The minimum absolute atomic E-state index is 0.0707. The highest BCUT2D eigenvalue weighted by Crippen LogP contribution is 2.51. The number of ether oxygens (including phenoxy) is 2. The number of nitrogens with zero attached hydrogens (tertiary/aromatic N) is 1. The van der Waals surface area contributed by atoms with Gasteiger partial charge in [0, 0.05) is 56.3 Å². The van der Waals surface area contributed by atoms with Gasteiger partial charge in [0.1, 0.15) is 11.9 Å². The molecule has 196 valence electrons. The van der Waals surface area contributed by atoms with Gasteiger partial charge in [0.05, 0.1) is 0 Å². The van der Waals surface area contributed by atoms with Crippen LogP contribution in [0.1, 0.15) is 61.9 Å². The summed E-state index contributed by atoms with van der Waals surface area (Å²) in [4.78, 5) is 39.6. The highest BCUT2D eigenvalue weighted by Gasteiger charge is 2.54. The molecule has 2 aromatic carbocycles. The van der Waals surface area contributed by atoms with E-state index in [1.54, 1.807) is 18.2 Å². The van der Waals surface area contributed by atoms with Crippen LogP contribution >= 0.6 is 0 Å². The van der Waals surface area contributed by atoms with E-state index in [2.05, 4.69) is 16.3 Å². The molecule has 7 nitrogen and oxygen atoms in total. The first-order valence-electron chi connectivity index (χ1n) is 13.4. The molecular weight excluding hydrogens is 468 g/mol. The van der Waals surface area contributed by atoms with E-state index in [-0.39, 0.29) is 41.3 Å². The molecule has 1 heterocycles. The fourth-order valence-corrected chi connectivity index (χ4v) is 6.44. The molecule has 2 aromatic rings. The topological polar surface area (TPSA) is 84.9 Å². The Morgan fingerprint density at radius 2 is 1.81 bits per heavy atom. The molecule has 3 fully saturated rings. The molecule has 3 unspecified atom stereocenters. The number of piperidine rings is 1. The minimum Gasteiger partial charge on any atom is -0.462 e. The lowest BCUT2D eigenvalue weighted by molar-refractivity contribution is -0.157. The van der Waals surface area contributed by atoms with Crippen LogP contribution in [0.25, 0.3) is 0 Å². The number of amides is 1. The molecule has 1 saturated heterocycles. The molecule has 5 rings (SSSR count). The van der Waals surface area contributed by atoms with Crippen LogP contribution < -0.4 is 10.1 Å². The van der Waals surface area contributed by atoms with Crippen LogP contribution in [0, 0.1) is 11.8 Å². The predicted molar refractivity (Wildman–Crippen MR) is 139 cm³/mol. The molecule has 0 bridgehead atoms. The van der Waals surface area contributed by atoms with Crippen molar-refractivity contribution < 1.29 is 23.9 Å². The van der Waals surface area contributed by atoms with Gasteiger partial charge in [-0.1, -0.05) is 30.3 Å². The molecule has 1 amide bonds. The SMILES string of the molecule is CC(=O)Oc1cccc(C23CCN(CC4CC4)CC2C(OC(C)=O)C[C@@H](NC(=O)c2ccccc2)C3)c1. The number of hydrogen-bond donors (Lipinski definition) is 1. The van der Waals surface area contributed by atoms with Gasteiger partial charge in [-0.3, -0.25) is 14.4 Å². The standard InChI is InChI=1S/C30H36N2O5/c1-20(33)36-26-10-6-9-24(15-26)30-13-14-32(18-22-11-12-22)19-27(30)28(37-21(2)34)16-25(17-30)31-29(35)23-7-4-3-5-8-23/h3-10,15,22,25,27-28H,11-14,16-19H2,1-2H3,(H,31,35)/t25-,27?,28?,30?/m1/s1. The Balaban J connectivity index is 1.49. The number of esters is 2. The molecule has 2 saturated carbocycles. The predicted octanol–water partition coefficient (Wildman–Crippen LogP) is 4.11. The molecule has 3 aliphatic rings. The van der Waals surface area contributed by atoms with Crippen LogP contribution in [0.2, 0.25) is 0 Å². The Morgan fingerprint density at radius 1 is 1.03 bits per heavy atom. The summed E-state index contributed by atoms with van der Waals surface area (Å²) in [7, 11) is 0. The maximum Gasteiger partial charge on any atom is 0.308 e. The number of carbonyl (C=O) groups excluding carboxylic acids is 3. The van der Waals surface area contributed by atoms with Gasteiger partial charge in [0.2, 0.25) is 0 Å². The van der Waals surface area contributed by atoms with Gasteiger partial charge in [0.15, 0.2) is 0 Å². The van der Waals surface area contributed by atoms with Gasteiger partial charge in [0.25, 0.3) is 5.91 Å². The first kappa shape index (κ1) is 25.5. The monoisotopic (exact) mass is 504 g/mol. The van der Waals surface area contributed by atoms with E-state index in [0.717, 1.165) is 44.0 Å². The average Bonchev–Trinajstić information content (AvgIpc) is 3.68. The van der Waals surface area contributed by atoms with E-state index in [1.165, 1.54) is 26.7 Å². The summed E-state index contributed by atoms with van der Waals surface area (Å²) < 4.78 is 11.4. The maximum absolute atomic E-state index is 13.1. The fraction of sp³-hybridized carbons (Fsp3) is 0.500. The third-order valence-corrected chi connectivity index (χ3v) is 8.19. The lowest BCUT2D eigenvalue weighted by atomic mass is 9.56. The Hall–Kier alpha value is -3.19. The summed E-state index contributed by atoms with van der Waals surface area (Å²) in [5.41, 5.74) is 1.35. The first-order valence-corrected chi connectivity index (χ1v) is 13.4. The summed E-state index contributed by atoms with van der Waals surface area (Å²) in [6.07, 6.45) is 4.44. The number of rotatable bonds is 7. The van der Waals surface area contributed by atoms with Gasteiger partial charge in [-0.2, -0.15) is 0 Å². The van der Waals surface area contributed by atoms with Gasteiger partial charge >= 0.3 is 11.9 Å². The van der Waals surface area contributed by atoms with Gasteiger partial charge in [-0.15, -0.1) is 0 Å². The zero-order valence-electron chi connectivity index (χ0n) is 21.7. The van der Waals surface area contributed by atoms with E-state index in [1.807, 2.05) is 30.3 Å². The number of benzene rings is 2. The second-order valence-electron chi connectivity index (χ2n) is 11.0. The third kappa shape index (κ3) is 5.87. The summed E-state index contributed by atoms with van der Waals surface area (Å²) >= 11 is 0. The van der Waals surface area contributed by atoms with Crippen molar-refractivity contribution in [2.75, 3.05) is 19.6 Å². The van der Waals surface area contributed by atoms with E-state index in [9.17, 15) is 14.4 Å². The quantitative estimate of drug-likeness (QED) is 0.451. The summed E-state index contributed by atoms with van der Waals surface area (Å²) in [5.74, 6) is 0.565. The van der Waals surface area contributed by atoms with Gasteiger partial charge < -0.3 is 19.7 Å². The van der Waals surface area contributed by atoms with Crippen LogP contribution in [0.3, 0.4) is 0 Å². The summed E-state index contributed by atoms with van der Waals surface area (Å²) in [5, 5.41) is 3.24. The number of carbonyl (C=O) groups is 3. The van der Waals surface area contributed by atoms with Crippen LogP contribution in [0.4, 0.5) is 0 Å². The first-order chi connectivity index (χ1) is 17.8. The maximum atomic E-state index is 13.1. The average molecular weight is 505 g/mol. The second-order valence-corrected chi connectivity index (χ2v) is 11.0. The fourth-order valence-electron chi connectivity index (χ4n) is 6.44. The molecular formula is C30H36N2O5. The Kier molecular flexibility index (Phi) is 7.33. The number of nitrogens with one attached hydrogen (secondary N) is 1. The summed E-state index contributed by atoms with van der Waals surface area (Å²) in [6, 6.07) is 16.8. The largest absolute Gasteiger partial charge is 0.462 e. The summed E-state index contributed by atoms with van der Waals surface area (Å²) in [6.45, 7) is 5.72. The molecule has 2 aliphatic carbocycles. The molecule has 4 atom stereocenters. The van der Waals surface area contributed by atoms with Crippen LogP contribution in [-0.4, -0.2) is 54.5 Å². The molecule has 0 spiro atoms. The van der Waals surface area contributed by atoms with Crippen molar-refractivity contribution in [2.24, 2.45) is 11.8 Å². The Morgan fingerprint density at radius 3 is 2.51 bits per heavy atom. The third-order valence-electron chi connectivity index (χ3n) is 8.19. The number of likely N-dealkylation sites (tertiary alicyclic amines) is 1. The molecule has 0 aromatic heterocycles. The van der Waals surface area contributed by atoms with Crippen molar-refractivity contribution in [3.05, 3.63) is 65.7 Å². The van der Waals surface area contributed by atoms with Crippen LogP contribution in [-0.2, 0) is 19.7 Å². The highest BCUT2D eigenvalue weighted by atomic mass is 16.5. The molecule has 37 heavy (non-hydrogen) atoms. The number of fused-ring (bicyclic) bond motifs is 1. The van der Waals surface area contributed by atoms with Gasteiger partial charge in [-0.25, -0.2) is 0 Å². The van der Waals surface area contributed by atoms with E-state index >= 15 is 0 Å². The highest BCUT2D eigenvalue weighted by molar-refractivity contribution is 5.94. The van der Waals surface area contributed by atoms with Crippen molar-refractivity contribution in [3.8, 4) is 5.75 Å². The van der Waals surface area contributed by atoms with E-state index in [4.69, 9.17) is 9.47 Å². The molecule has 1 aliphatic heterocycles. The van der Waals surface area contributed by atoms with Crippen molar-refractivity contribution in [3.63, 3.8) is 0 Å². The Labute approximate surface area is 218 Å². The Bertz CT molecular complexity index is 1150. The normalized spacial score (nSPS) is 27.6. The molecule has 0 radical (unpaired) electrons. The van der Waals surface area contributed by atoms with Crippen molar-refractivity contribution >= 4 is 17.8 Å². The van der Waals surface area contributed by atoms with Crippen LogP contribution in [0.15, 0.2) is 54.6 Å². The second kappa shape index (κ2) is 10.7.